The van der Waals surface area contributed by atoms with Crippen molar-refractivity contribution in [2.24, 2.45) is 5.73 Å². The van der Waals surface area contributed by atoms with Gasteiger partial charge in [-0.25, -0.2) is 0 Å². The predicted octanol–water partition coefficient (Wildman–Crippen LogP) is 1.16. The Morgan fingerprint density at radius 3 is 2.90 bits per heavy atom. The van der Waals surface area contributed by atoms with Crippen LogP contribution < -0.4 is 11.1 Å². The number of carbonyl (C=O) groups is 2. The maximum atomic E-state index is 12.4. The minimum atomic E-state index is -0.0613. The Morgan fingerprint density at radius 1 is 1.43 bits per heavy atom. The molecule has 0 radical (unpaired) electrons. The summed E-state index contributed by atoms with van der Waals surface area (Å²) in [5.74, 6) is -0.0923. The quantitative estimate of drug-likeness (QED) is 0.853. The summed E-state index contributed by atoms with van der Waals surface area (Å²) in [6.45, 7) is 1.55. The highest BCUT2D eigenvalue weighted by Crippen LogP contribution is 2.19. The number of nitrogens with zero attached hydrogens (tertiary/aromatic N) is 1. The van der Waals surface area contributed by atoms with Crippen LogP contribution in [-0.2, 0) is 4.79 Å². The van der Waals surface area contributed by atoms with Crippen molar-refractivity contribution < 1.29 is 14.0 Å². The van der Waals surface area contributed by atoms with Crippen LogP contribution in [0.25, 0.3) is 0 Å². The summed E-state index contributed by atoms with van der Waals surface area (Å²) >= 11 is 0. The van der Waals surface area contributed by atoms with E-state index in [9.17, 15) is 9.59 Å². The first-order valence-electron chi connectivity index (χ1n) is 7.02. The Morgan fingerprint density at radius 2 is 2.24 bits per heavy atom. The van der Waals surface area contributed by atoms with Gasteiger partial charge in [-0.1, -0.05) is 0 Å². The second-order valence-corrected chi connectivity index (χ2v) is 5.00. The molecule has 0 spiro atoms. The maximum absolute atomic E-state index is 12.4. The van der Waals surface area contributed by atoms with Crippen molar-refractivity contribution in [3.8, 4) is 0 Å². The molecule has 1 fully saturated rings. The summed E-state index contributed by atoms with van der Waals surface area (Å²) in [6, 6.07) is 1.72. The maximum Gasteiger partial charge on any atom is 0.257 e. The van der Waals surface area contributed by atoms with Gasteiger partial charge in [0.1, 0.15) is 6.26 Å². The first-order chi connectivity index (χ1) is 9.72. The largest absolute Gasteiger partial charge is 0.472 e. The number of piperidine rings is 1. The van der Waals surface area contributed by atoms with Crippen LogP contribution in [0.5, 0.6) is 0 Å². The molecule has 118 valence electrons. The van der Waals surface area contributed by atoms with Gasteiger partial charge in [0.25, 0.3) is 5.91 Å². The zero-order valence-electron chi connectivity index (χ0n) is 11.9. The van der Waals surface area contributed by atoms with Gasteiger partial charge in [-0.15, -0.1) is 12.4 Å². The fourth-order valence-corrected chi connectivity index (χ4v) is 2.48. The van der Waals surface area contributed by atoms with Gasteiger partial charge >= 0.3 is 0 Å². The van der Waals surface area contributed by atoms with E-state index in [2.05, 4.69) is 5.32 Å². The number of hydrogen-bond acceptors (Lipinski definition) is 4. The van der Waals surface area contributed by atoms with Crippen LogP contribution in [-0.4, -0.2) is 42.4 Å². The van der Waals surface area contributed by atoms with Crippen LogP contribution in [0.4, 0.5) is 0 Å². The van der Waals surface area contributed by atoms with Crippen molar-refractivity contribution in [1.82, 2.24) is 10.2 Å². The number of hydrogen-bond donors (Lipinski definition) is 2. The summed E-state index contributed by atoms with van der Waals surface area (Å²) < 4.78 is 4.96. The summed E-state index contributed by atoms with van der Waals surface area (Å²) in [7, 11) is 0. The Kier molecular flexibility index (Phi) is 7.25. The number of likely N-dealkylation sites (tertiary alicyclic amines) is 1. The molecule has 0 aromatic carbocycles. The van der Waals surface area contributed by atoms with Gasteiger partial charge < -0.3 is 20.4 Å². The summed E-state index contributed by atoms with van der Waals surface area (Å²) in [5.41, 5.74) is 5.90. The van der Waals surface area contributed by atoms with E-state index in [0.717, 1.165) is 25.8 Å². The molecule has 1 aromatic heterocycles. The SMILES string of the molecule is Cl.NCCC(=O)NCC1CCCCN1C(=O)c1ccoc1. The number of nitrogens with one attached hydrogen (secondary N) is 1. The first-order valence-corrected chi connectivity index (χ1v) is 7.02. The Bertz CT molecular complexity index is 450. The van der Waals surface area contributed by atoms with Crippen LogP contribution in [0.1, 0.15) is 36.0 Å². The number of carbonyl (C=O) groups excluding carboxylic acids is 2. The highest BCUT2D eigenvalue weighted by molar-refractivity contribution is 5.94. The molecule has 1 aliphatic heterocycles. The average Bonchev–Trinajstić information content (AvgIpc) is 2.99. The second-order valence-electron chi connectivity index (χ2n) is 5.00. The van der Waals surface area contributed by atoms with Gasteiger partial charge in [0.05, 0.1) is 11.8 Å². The smallest absolute Gasteiger partial charge is 0.257 e. The molecule has 1 aliphatic rings. The van der Waals surface area contributed by atoms with Crippen molar-refractivity contribution in [2.45, 2.75) is 31.7 Å². The van der Waals surface area contributed by atoms with E-state index < -0.39 is 0 Å². The summed E-state index contributed by atoms with van der Waals surface area (Å²) in [5, 5.41) is 2.85. The van der Waals surface area contributed by atoms with Crippen LogP contribution in [0.2, 0.25) is 0 Å². The van der Waals surface area contributed by atoms with E-state index >= 15 is 0 Å². The number of rotatable bonds is 5. The van der Waals surface area contributed by atoms with Crippen molar-refractivity contribution in [3.05, 3.63) is 24.2 Å². The predicted molar refractivity (Wildman–Crippen MR) is 81.3 cm³/mol. The molecule has 0 saturated carbocycles. The van der Waals surface area contributed by atoms with Crippen molar-refractivity contribution in [3.63, 3.8) is 0 Å². The fraction of sp³-hybridized carbons (Fsp3) is 0.571. The Balaban J connectivity index is 0.00000220. The van der Waals surface area contributed by atoms with Gasteiger partial charge in [0.15, 0.2) is 0 Å². The molecule has 1 unspecified atom stereocenters. The van der Waals surface area contributed by atoms with Gasteiger partial charge in [-0.05, 0) is 25.3 Å². The van der Waals surface area contributed by atoms with E-state index in [1.807, 2.05) is 4.90 Å². The molecule has 7 heteroatoms. The second kappa shape index (κ2) is 8.69. The molecule has 0 aliphatic carbocycles. The van der Waals surface area contributed by atoms with Crippen molar-refractivity contribution in [1.29, 1.82) is 0 Å². The molecule has 0 bridgehead atoms. The molecule has 1 saturated heterocycles. The van der Waals surface area contributed by atoms with Crippen molar-refractivity contribution in [2.75, 3.05) is 19.6 Å². The molecular weight excluding hydrogens is 294 g/mol. The number of nitrogens with two attached hydrogens (primary N) is 1. The van der Waals surface area contributed by atoms with E-state index in [-0.39, 0.29) is 30.3 Å². The average molecular weight is 316 g/mol. The van der Waals surface area contributed by atoms with E-state index in [1.165, 1.54) is 12.5 Å². The molecular formula is C14H22ClN3O3. The first kappa shape index (κ1) is 17.5. The van der Waals surface area contributed by atoms with Gasteiger partial charge in [-0.3, -0.25) is 9.59 Å². The molecule has 21 heavy (non-hydrogen) atoms. The Labute approximate surface area is 130 Å². The van der Waals surface area contributed by atoms with Gasteiger partial charge in [0, 0.05) is 32.1 Å². The lowest BCUT2D eigenvalue weighted by atomic mass is 10.0. The van der Waals surface area contributed by atoms with Crippen LogP contribution in [0, 0.1) is 0 Å². The lowest BCUT2D eigenvalue weighted by molar-refractivity contribution is -0.121. The number of amides is 2. The normalized spacial score (nSPS) is 18.0. The molecule has 1 aromatic rings. The highest BCUT2D eigenvalue weighted by Gasteiger charge is 2.28. The lowest BCUT2D eigenvalue weighted by Gasteiger charge is -2.35. The summed E-state index contributed by atoms with van der Waals surface area (Å²) in [4.78, 5) is 25.7. The number of halogens is 1. The van der Waals surface area contributed by atoms with E-state index in [0.29, 0.717) is 25.1 Å². The number of furan rings is 1. The van der Waals surface area contributed by atoms with E-state index in [4.69, 9.17) is 10.2 Å². The molecule has 1 atom stereocenters. The standard InChI is InChI=1S/C14H21N3O3.ClH/c15-6-4-13(18)16-9-12-3-1-2-7-17(12)14(19)11-5-8-20-10-11;/h5,8,10,12H,1-4,6-7,9,15H2,(H,16,18);1H. The van der Waals surface area contributed by atoms with Crippen LogP contribution in [0.3, 0.4) is 0 Å². The minimum Gasteiger partial charge on any atom is -0.472 e. The van der Waals surface area contributed by atoms with Gasteiger partial charge in [-0.2, -0.15) is 0 Å². The lowest BCUT2D eigenvalue weighted by Crippen LogP contribution is -2.49. The Hall–Kier alpha value is -1.53. The minimum absolute atomic E-state index is 0. The molecule has 2 rings (SSSR count). The van der Waals surface area contributed by atoms with Crippen molar-refractivity contribution >= 4 is 24.2 Å². The third-order valence-corrected chi connectivity index (χ3v) is 3.56. The molecule has 2 heterocycles. The van der Waals surface area contributed by atoms with Crippen LogP contribution >= 0.6 is 12.4 Å². The third-order valence-electron chi connectivity index (χ3n) is 3.56. The monoisotopic (exact) mass is 315 g/mol. The molecule has 6 nitrogen and oxygen atoms in total. The zero-order valence-corrected chi connectivity index (χ0v) is 12.7. The molecule has 2 amide bonds. The third kappa shape index (κ3) is 4.75. The zero-order chi connectivity index (χ0) is 14.4. The van der Waals surface area contributed by atoms with E-state index in [1.54, 1.807) is 6.07 Å². The van der Waals surface area contributed by atoms with Gasteiger partial charge in [0.2, 0.25) is 5.91 Å². The topological polar surface area (TPSA) is 88.6 Å². The highest BCUT2D eigenvalue weighted by atomic mass is 35.5. The molecule has 3 N–H and O–H groups in total. The summed E-state index contributed by atoms with van der Waals surface area (Å²) in [6.07, 6.45) is 6.26. The fourth-order valence-electron chi connectivity index (χ4n) is 2.48. The van der Waals surface area contributed by atoms with Crippen LogP contribution in [0.15, 0.2) is 23.0 Å².